The summed E-state index contributed by atoms with van der Waals surface area (Å²) in [6.45, 7) is 11.8. The van der Waals surface area contributed by atoms with Gasteiger partial charge in [0, 0.05) is 36.9 Å². The van der Waals surface area contributed by atoms with E-state index in [1.54, 1.807) is 4.90 Å². The lowest BCUT2D eigenvalue weighted by Crippen LogP contribution is -2.60. The third-order valence-corrected chi connectivity index (χ3v) is 3.38. The number of aryl methyl sites for hydroxylation is 2. The zero-order chi connectivity index (χ0) is 14.9. The molecule has 2 heterocycles. The van der Waals surface area contributed by atoms with Gasteiger partial charge in [0.25, 0.3) is 0 Å². The number of aromatic nitrogens is 2. The number of H-pyrrole nitrogens is 1. The van der Waals surface area contributed by atoms with Crippen LogP contribution in [0.3, 0.4) is 0 Å². The van der Waals surface area contributed by atoms with Gasteiger partial charge in [-0.15, -0.1) is 0 Å². The first-order valence-electron chi connectivity index (χ1n) is 6.98. The topological polar surface area (TPSA) is 70.2 Å². The van der Waals surface area contributed by atoms with E-state index >= 15 is 0 Å². The van der Waals surface area contributed by atoms with Crippen molar-refractivity contribution < 1.29 is 9.53 Å². The van der Waals surface area contributed by atoms with Gasteiger partial charge < -0.3 is 15.0 Å². The Morgan fingerprint density at radius 3 is 2.60 bits per heavy atom. The van der Waals surface area contributed by atoms with E-state index in [1.807, 2.05) is 34.6 Å². The highest BCUT2D eigenvalue weighted by molar-refractivity contribution is 5.69. The zero-order valence-electron chi connectivity index (χ0n) is 12.9. The van der Waals surface area contributed by atoms with Crippen molar-refractivity contribution in [1.29, 1.82) is 0 Å². The minimum atomic E-state index is -0.430. The fourth-order valence-electron chi connectivity index (χ4n) is 2.16. The monoisotopic (exact) mass is 280 g/mol. The van der Waals surface area contributed by atoms with E-state index in [2.05, 4.69) is 15.5 Å². The van der Waals surface area contributed by atoms with Gasteiger partial charge in [0.15, 0.2) is 0 Å². The van der Waals surface area contributed by atoms with Crippen LogP contribution in [0.15, 0.2) is 0 Å². The minimum absolute atomic E-state index is 0.230. The van der Waals surface area contributed by atoms with Gasteiger partial charge >= 0.3 is 6.09 Å². The Bertz CT molecular complexity index is 464. The molecule has 0 aliphatic carbocycles. The van der Waals surface area contributed by atoms with Gasteiger partial charge in [0.05, 0.1) is 5.69 Å². The normalized spacial score (nSPS) is 16.1. The fraction of sp³-hybridized carbons (Fsp3) is 0.714. The first kappa shape index (κ1) is 14.8. The maximum absolute atomic E-state index is 11.8. The summed E-state index contributed by atoms with van der Waals surface area (Å²) in [6.07, 6.45) is -0.230. The number of aromatic amines is 1. The average molecular weight is 280 g/mol. The molecule has 0 radical (unpaired) electrons. The molecule has 0 atom stereocenters. The summed E-state index contributed by atoms with van der Waals surface area (Å²) in [5.74, 6) is 0. The van der Waals surface area contributed by atoms with Crippen molar-refractivity contribution >= 4 is 6.09 Å². The van der Waals surface area contributed by atoms with Crippen molar-refractivity contribution in [2.75, 3.05) is 13.1 Å². The molecule has 2 rings (SSSR count). The van der Waals surface area contributed by atoms with Gasteiger partial charge in [-0.1, -0.05) is 0 Å². The molecule has 1 aliphatic rings. The molecule has 6 nitrogen and oxygen atoms in total. The molecule has 6 heteroatoms. The lowest BCUT2D eigenvalue weighted by molar-refractivity contribution is 0.00517. The summed E-state index contributed by atoms with van der Waals surface area (Å²) in [5.41, 5.74) is 2.90. The Kier molecular flexibility index (Phi) is 4.04. The van der Waals surface area contributed by atoms with Gasteiger partial charge in [0.1, 0.15) is 5.60 Å². The molecule has 1 aliphatic heterocycles. The van der Waals surface area contributed by atoms with Gasteiger partial charge in [0.2, 0.25) is 0 Å². The van der Waals surface area contributed by atoms with Crippen LogP contribution in [-0.4, -0.2) is 45.9 Å². The number of hydrogen-bond donors (Lipinski definition) is 2. The van der Waals surface area contributed by atoms with Crippen molar-refractivity contribution in [3.63, 3.8) is 0 Å². The van der Waals surface area contributed by atoms with E-state index in [1.165, 1.54) is 5.56 Å². The van der Waals surface area contributed by atoms with E-state index in [4.69, 9.17) is 4.74 Å². The number of carbonyl (C=O) groups excluding carboxylic acids is 1. The number of nitrogens with zero attached hydrogens (tertiary/aromatic N) is 2. The predicted molar refractivity (Wildman–Crippen MR) is 76.5 cm³/mol. The third-order valence-electron chi connectivity index (χ3n) is 3.38. The fourth-order valence-corrected chi connectivity index (χ4v) is 2.16. The number of nitrogens with one attached hydrogen (secondary N) is 2. The molecule has 2 N–H and O–H groups in total. The Morgan fingerprint density at radius 2 is 2.10 bits per heavy atom. The molecule has 1 fully saturated rings. The molecular formula is C14H24N4O2. The van der Waals surface area contributed by atoms with Crippen LogP contribution in [0.1, 0.15) is 37.7 Å². The minimum Gasteiger partial charge on any atom is -0.444 e. The predicted octanol–water partition coefficient (Wildman–Crippen LogP) is 1.74. The summed E-state index contributed by atoms with van der Waals surface area (Å²) in [7, 11) is 0. The van der Waals surface area contributed by atoms with E-state index in [-0.39, 0.29) is 6.09 Å². The quantitative estimate of drug-likeness (QED) is 0.884. The number of amides is 1. The van der Waals surface area contributed by atoms with Crippen LogP contribution in [0.4, 0.5) is 4.79 Å². The second-order valence-electron chi connectivity index (χ2n) is 6.38. The van der Waals surface area contributed by atoms with Crippen molar-refractivity contribution in [2.45, 2.75) is 52.8 Å². The molecule has 20 heavy (non-hydrogen) atoms. The molecular weight excluding hydrogens is 256 g/mol. The molecule has 112 valence electrons. The first-order valence-corrected chi connectivity index (χ1v) is 6.98. The maximum atomic E-state index is 11.8. The molecule has 1 saturated heterocycles. The Hall–Kier alpha value is -1.56. The smallest absolute Gasteiger partial charge is 0.410 e. The second-order valence-corrected chi connectivity index (χ2v) is 6.38. The molecule has 1 aromatic rings. The van der Waals surface area contributed by atoms with Crippen LogP contribution < -0.4 is 5.32 Å². The van der Waals surface area contributed by atoms with Crippen LogP contribution in [0.2, 0.25) is 0 Å². The van der Waals surface area contributed by atoms with Gasteiger partial charge in [-0.05, 0) is 34.6 Å². The highest BCUT2D eigenvalue weighted by Crippen LogP contribution is 2.16. The molecule has 1 aromatic heterocycles. The van der Waals surface area contributed by atoms with Gasteiger partial charge in [-0.3, -0.25) is 5.10 Å². The second kappa shape index (κ2) is 5.44. The molecule has 0 aromatic carbocycles. The van der Waals surface area contributed by atoms with Crippen LogP contribution in [0, 0.1) is 13.8 Å². The summed E-state index contributed by atoms with van der Waals surface area (Å²) >= 11 is 0. The molecule has 0 bridgehead atoms. The Morgan fingerprint density at radius 1 is 1.45 bits per heavy atom. The summed E-state index contributed by atoms with van der Waals surface area (Å²) in [6, 6.07) is 0.330. The third kappa shape index (κ3) is 3.50. The number of likely N-dealkylation sites (tertiary alicyclic amines) is 1. The van der Waals surface area contributed by atoms with Crippen LogP contribution >= 0.6 is 0 Å². The maximum Gasteiger partial charge on any atom is 0.410 e. The van der Waals surface area contributed by atoms with Crippen LogP contribution in [0.5, 0.6) is 0 Å². The summed E-state index contributed by atoms with van der Waals surface area (Å²) in [4.78, 5) is 13.5. The van der Waals surface area contributed by atoms with Gasteiger partial charge in [-0.25, -0.2) is 4.79 Å². The number of ether oxygens (including phenoxy) is 1. The number of rotatable bonds is 3. The summed E-state index contributed by atoms with van der Waals surface area (Å²) < 4.78 is 5.32. The van der Waals surface area contributed by atoms with Crippen molar-refractivity contribution in [3.05, 3.63) is 17.0 Å². The molecule has 0 unspecified atom stereocenters. The van der Waals surface area contributed by atoms with Crippen molar-refractivity contribution in [3.8, 4) is 0 Å². The SMILES string of the molecule is Cc1n[nH]c(C)c1CNC1CN(C(=O)OC(C)(C)C)C1. The molecule has 1 amide bonds. The van der Waals surface area contributed by atoms with Gasteiger partial charge in [-0.2, -0.15) is 5.10 Å². The number of carbonyl (C=O) groups is 1. The Balaban J connectivity index is 1.73. The van der Waals surface area contributed by atoms with E-state index < -0.39 is 5.60 Å². The zero-order valence-corrected chi connectivity index (χ0v) is 12.9. The van der Waals surface area contributed by atoms with Crippen molar-refractivity contribution in [2.24, 2.45) is 0 Å². The lowest BCUT2D eigenvalue weighted by Gasteiger charge is -2.40. The van der Waals surface area contributed by atoms with Crippen LogP contribution in [-0.2, 0) is 11.3 Å². The largest absolute Gasteiger partial charge is 0.444 e. The number of hydrogen-bond acceptors (Lipinski definition) is 4. The lowest BCUT2D eigenvalue weighted by atomic mass is 10.1. The Labute approximate surface area is 119 Å². The standard InChI is InChI=1S/C14H24N4O2/c1-9-12(10(2)17-16-9)6-15-11-7-18(8-11)13(19)20-14(3,4)5/h11,15H,6-8H2,1-5H3,(H,16,17). The first-order chi connectivity index (χ1) is 9.26. The molecule has 0 spiro atoms. The van der Waals surface area contributed by atoms with E-state index in [9.17, 15) is 4.79 Å². The average Bonchev–Trinajstić information content (AvgIpc) is 2.55. The summed E-state index contributed by atoms with van der Waals surface area (Å²) in [5, 5.41) is 10.6. The highest BCUT2D eigenvalue weighted by atomic mass is 16.6. The highest BCUT2D eigenvalue weighted by Gasteiger charge is 2.33. The van der Waals surface area contributed by atoms with Crippen molar-refractivity contribution in [1.82, 2.24) is 20.4 Å². The van der Waals surface area contributed by atoms with E-state index in [0.717, 1.165) is 17.9 Å². The van der Waals surface area contributed by atoms with Crippen LogP contribution in [0.25, 0.3) is 0 Å². The molecule has 0 saturated carbocycles. The van der Waals surface area contributed by atoms with E-state index in [0.29, 0.717) is 19.1 Å².